The predicted octanol–water partition coefficient (Wildman–Crippen LogP) is 1.30. The number of nitrogens with one attached hydrogen (secondary N) is 3. The lowest BCUT2D eigenvalue weighted by Gasteiger charge is -2.06. The van der Waals surface area contributed by atoms with E-state index in [0.29, 0.717) is 17.8 Å². The number of aryl methyl sites for hydroxylation is 1. The molecule has 2 aromatic heterocycles. The molecule has 98 valence electrons. The summed E-state index contributed by atoms with van der Waals surface area (Å²) in [5, 5.41) is 13.1. The summed E-state index contributed by atoms with van der Waals surface area (Å²) in [6, 6.07) is 1.71. The van der Waals surface area contributed by atoms with Crippen LogP contribution in [0.4, 0.5) is 5.69 Å². The van der Waals surface area contributed by atoms with Crippen molar-refractivity contribution in [2.45, 2.75) is 18.5 Å². The Morgan fingerprint density at radius 2 is 2.28 bits per heavy atom. The lowest BCUT2D eigenvalue weighted by atomic mass is 10.3. The van der Waals surface area contributed by atoms with Gasteiger partial charge in [-0.25, -0.2) is 0 Å². The Bertz CT molecular complexity index is 616. The van der Waals surface area contributed by atoms with Gasteiger partial charge in [-0.3, -0.25) is 9.82 Å². The Balaban J connectivity index is 2.35. The van der Waals surface area contributed by atoms with Gasteiger partial charge in [0, 0.05) is 23.2 Å². The summed E-state index contributed by atoms with van der Waals surface area (Å²) in [7, 11) is -1.88. The van der Waals surface area contributed by atoms with E-state index in [1.54, 1.807) is 25.4 Å². The zero-order valence-electron chi connectivity index (χ0n) is 10.0. The molecule has 3 N–H and O–H groups in total. The van der Waals surface area contributed by atoms with Gasteiger partial charge in [0.15, 0.2) is 0 Å². The molecule has 0 aliphatic carbocycles. The molecular weight excluding hydrogens is 272 g/mol. The van der Waals surface area contributed by atoms with E-state index < -0.39 is 10.0 Å². The van der Waals surface area contributed by atoms with Crippen LogP contribution >= 0.6 is 11.3 Å². The second kappa shape index (κ2) is 5.09. The average Bonchev–Trinajstić information content (AvgIpc) is 2.90. The fraction of sp³-hybridized carbons (Fsp3) is 0.300. The van der Waals surface area contributed by atoms with E-state index in [1.807, 2.05) is 5.38 Å². The number of sulfonamides is 1. The van der Waals surface area contributed by atoms with Crippen molar-refractivity contribution >= 4 is 27.0 Å². The quantitative estimate of drug-likeness (QED) is 0.773. The third kappa shape index (κ3) is 2.55. The van der Waals surface area contributed by atoms with Crippen LogP contribution in [-0.2, 0) is 16.6 Å². The largest absolute Gasteiger partial charge is 0.316 e. The molecule has 0 bridgehead atoms. The van der Waals surface area contributed by atoms with Gasteiger partial charge in [-0.15, -0.1) is 0 Å². The molecule has 0 radical (unpaired) electrons. The first-order valence-electron chi connectivity index (χ1n) is 5.28. The Morgan fingerprint density at radius 3 is 2.89 bits per heavy atom. The number of thiophene rings is 1. The Labute approximate surface area is 109 Å². The van der Waals surface area contributed by atoms with E-state index >= 15 is 0 Å². The van der Waals surface area contributed by atoms with Crippen LogP contribution in [0.15, 0.2) is 21.9 Å². The summed E-state index contributed by atoms with van der Waals surface area (Å²) >= 11 is 1.43. The van der Waals surface area contributed by atoms with Gasteiger partial charge in [0.05, 0.1) is 5.69 Å². The van der Waals surface area contributed by atoms with E-state index in [1.165, 1.54) is 11.3 Å². The van der Waals surface area contributed by atoms with Gasteiger partial charge in [-0.05, 0) is 25.4 Å². The van der Waals surface area contributed by atoms with Gasteiger partial charge in [0.2, 0.25) is 5.03 Å². The number of H-pyrrole nitrogens is 1. The zero-order valence-corrected chi connectivity index (χ0v) is 11.7. The number of nitrogens with zero attached hydrogens (tertiary/aromatic N) is 1. The summed E-state index contributed by atoms with van der Waals surface area (Å²) in [5.74, 6) is 0. The highest BCUT2D eigenvalue weighted by atomic mass is 32.2. The molecule has 0 unspecified atom stereocenters. The van der Waals surface area contributed by atoms with Crippen LogP contribution in [0.5, 0.6) is 0 Å². The summed E-state index contributed by atoms with van der Waals surface area (Å²) < 4.78 is 26.9. The van der Waals surface area contributed by atoms with Gasteiger partial charge in [-0.1, -0.05) is 0 Å². The number of rotatable bonds is 5. The summed E-state index contributed by atoms with van der Waals surface area (Å²) in [5.41, 5.74) is 1.95. The number of anilines is 1. The molecule has 2 heterocycles. The van der Waals surface area contributed by atoms with Crippen molar-refractivity contribution in [2.75, 3.05) is 11.8 Å². The SMILES string of the molecule is CNCc1c(S(=O)(=O)Nc2ccsc2)n[nH]c1C. The van der Waals surface area contributed by atoms with Crippen molar-refractivity contribution in [2.24, 2.45) is 0 Å². The molecule has 8 heteroatoms. The topological polar surface area (TPSA) is 86.9 Å². The van der Waals surface area contributed by atoms with Crippen LogP contribution in [-0.4, -0.2) is 25.7 Å². The number of hydrogen-bond acceptors (Lipinski definition) is 5. The van der Waals surface area contributed by atoms with Crippen LogP contribution < -0.4 is 10.0 Å². The highest BCUT2D eigenvalue weighted by Gasteiger charge is 2.23. The van der Waals surface area contributed by atoms with Gasteiger partial charge in [0.1, 0.15) is 0 Å². The van der Waals surface area contributed by atoms with Gasteiger partial charge < -0.3 is 5.32 Å². The number of aromatic nitrogens is 2. The molecule has 0 fully saturated rings. The molecule has 0 spiro atoms. The Kier molecular flexibility index (Phi) is 3.69. The van der Waals surface area contributed by atoms with Crippen molar-refractivity contribution in [3.05, 3.63) is 28.1 Å². The maximum Gasteiger partial charge on any atom is 0.281 e. The third-order valence-electron chi connectivity index (χ3n) is 2.42. The van der Waals surface area contributed by atoms with Crippen LogP contribution in [0.2, 0.25) is 0 Å². The van der Waals surface area contributed by atoms with Crippen molar-refractivity contribution in [1.82, 2.24) is 15.5 Å². The molecule has 0 amide bonds. The van der Waals surface area contributed by atoms with Crippen molar-refractivity contribution in [1.29, 1.82) is 0 Å². The lowest BCUT2D eigenvalue weighted by molar-refractivity contribution is 0.595. The first kappa shape index (κ1) is 13.1. The van der Waals surface area contributed by atoms with E-state index in [9.17, 15) is 8.42 Å². The average molecular weight is 286 g/mol. The second-order valence-electron chi connectivity index (χ2n) is 3.78. The first-order valence-corrected chi connectivity index (χ1v) is 7.70. The number of aromatic amines is 1. The van der Waals surface area contributed by atoms with Crippen LogP contribution in [0, 0.1) is 6.92 Å². The molecule has 6 nitrogen and oxygen atoms in total. The molecule has 2 aromatic rings. The summed E-state index contributed by atoms with van der Waals surface area (Å²) in [6.07, 6.45) is 0. The van der Waals surface area contributed by atoms with E-state index in [-0.39, 0.29) is 5.03 Å². The van der Waals surface area contributed by atoms with Gasteiger partial charge >= 0.3 is 0 Å². The van der Waals surface area contributed by atoms with Crippen molar-refractivity contribution < 1.29 is 8.42 Å². The lowest BCUT2D eigenvalue weighted by Crippen LogP contribution is -2.17. The van der Waals surface area contributed by atoms with E-state index in [4.69, 9.17) is 0 Å². The van der Waals surface area contributed by atoms with E-state index in [0.717, 1.165) is 5.69 Å². The van der Waals surface area contributed by atoms with Crippen LogP contribution in [0.3, 0.4) is 0 Å². The Hall–Kier alpha value is -1.38. The third-order valence-corrected chi connectivity index (χ3v) is 4.45. The molecule has 0 saturated heterocycles. The fourth-order valence-corrected chi connectivity index (χ4v) is 3.48. The maximum atomic E-state index is 12.2. The second-order valence-corrected chi connectivity index (χ2v) is 6.16. The fourth-order valence-electron chi connectivity index (χ4n) is 1.56. The van der Waals surface area contributed by atoms with Gasteiger partial charge in [0.25, 0.3) is 10.0 Å². The zero-order chi connectivity index (χ0) is 13.2. The van der Waals surface area contributed by atoms with E-state index in [2.05, 4.69) is 20.2 Å². The smallest absolute Gasteiger partial charge is 0.281 e. The highest BCUT2D eigenvalue weighted by Crippen LogP contribution is 2.21. The molecule has 0 saturated carbocycles. The Morgan fingerprint density at radius 1 is 1.50 bits per heavy atom. The molecule has 0 aliphatic heterocycles. The minimum Gasteiger partial charge on any atom is -0.316 e. The molecule has 0 atom stereocenters. The molecule has 0 aromatic carbocycles. The molecule has 18 heavy (non-hydrogen) atoms. The molecule has 2 rings (SSSR count). The minimum absolute atomic E-state index is 0.0422. The van der Waals surface area contributed by atoms with Crippen LogP contribution in [0.1, 0.15) is 11.3 Å². The van der Waals surface area contributed by atoms with Crippen molar-refractivity contribution in [3.8, 4) is 0 Å². The monoisotopic (exact) mass is 286 g/mol. The minimum atomic E-state index is -3.64. The maximum absolute atomic E-state index is 12.2. The standard InChI is InChI=1S/C10H14N4O2S2/c1-7-9(5-11-2)10(13-12-7)18(15,16)14-8-3-4-17-6-8/h3-4,6,11,14H,5H2,1-2H3,(H,12,13). The summed E-state index contributed by atoms with van der Waals surface area (Å²) in [6.45, 7) is 2.24. The molecule has 0 aliphatic rings. The molecular formula is C10H14N4O2S2. The highest BCUT2D eigenvalue weighted by molar-refractivity contribution is 7.92. The van der Waals surface area contributed by atoms with Crippen LogP contribution in [0.25, 0.3) is 0 Å². The van der Waals surface area contributed by atoms with Gasteiger partial charge in [-0.2, -0.15) is 24.9 Å². The predicted molar refractivity (Wildman–Crippen MR) is 71.2 cm³/mol. The van der Waals surface area contributed by atoms with Crippen molar-refractivity contribution in [3.63, 3.8) is 0 Å². The number of hydrogen-bond donors (Lipinski definition) is 3. The normalized spacial score (nSPS) is 11.7. The summed E-state index contributed by atoms with van der Waals surface area (Å²) in [4.78, 5) is 0. The first-order chi connectivity index (χ1) is 8.54.